The number of rotatable bonds is 2. The van der Waals surface area contributed by atoms with E-state index >= 15 is 0 Å². The molecule has 0 radical (unpaired) electrons. The summed E-state index contributed by atoms with van der Waals surface area (Å²) in [4.78, 5) is 0. The van der Waals surface area contributed by atoms with E-state index in [1.807, 2.05) is 29.2 Å². The summed E-state index contributed by atoms with van der Waals surface area (Å²) in [5, 5.41) is 10.2. The van der Waals surface area contributed by atoms with Crippen molar-refractivity contribution < 1.29 is 0 Å². The number of halogens is 1. The second kappa shape index (κ2) is 4.78. The standard InChI is InChI=1S/C14H12IN/c1-10(16)14-9-12-5-3-2-4-11(12)8-13(14)6-7-15/h2-9,16H,1H3/b7-6-,16-10?. The van der Waals surface area contributed by atoms with Crippen molar-refractivity contribution in [3.05, 3.63) is 51.6 Å². The summed E-state index contributed by atoms with van der Waals surface area (Å²) in [5.41, 5.74) is 2.72. The van der Waals surface area contributed by atoms with Crippen molar-refractivity contribution in [1.82, 2.24) is 0 Å². The molecule has 0 aliphatic heterocycles. The van der Waals surface area contributed by atoms with Gasteiger partial charge in [-0.15, -0.1) is 0 Å². The smallest absolute Gasteiger partial charge is 0.0361 e. The van der Waals surface area contributed by atoms with E-state index in [1.54, 1.807) is 0 Å². The Hall–Kier alpha value is -1.16. The Labute approximate surface area is 109 Å². The fraction of sp³-hybridized carbons (Fsp3) is 0.0714. The van der Waals surface area contributed by atoms with Gasteiger partial charge in [0, 0.05) is 11.3 Å². The van der Waals surface area contributed by atoms with Crippen molar-refractivity contribution in [2.24, 2.45) is 0 Å². The first kappa shape index (κ1) is 11.3. The first-order valence-electron chi connectivity index (χ1n) is 5.07. The number of fused-ring (bicyclic) bond motifs is 1. The molecule has 0 bridgehead atoms. The van der Waals surface area contributed by atoms with Crippen LogP contribution >= 0.6 is 22.6 Å². The highest BCUT2D eigenvalue weighted by atomic mass is 127. The second-order valence-corrected chi connectivity index (χ2v) is 4.42. The zero-order valence-electron chi connectivity index (χ0n) is 9.00. The van der Waals surface area contributed by atoms with Gasteiger partial charge in [-0.3, -0.25) is 0 Å². The number of hydrogen-bond donors (Lipinski definition) is 1. The van der Waals surface area contributed by atoms with Gasteiger partial charge in [-0.05, 0) is 45.6 Å². The van der Waals surface area contributed by atoms with Gasteiger partial charge >= 0.3 is 0 Å². The van der Waals surface area contributed by atoms with Crippen molar-refractivity contribution in [3.63, 3.8) is 0 Å². The summed E-state index contributed by atoms with van der Waals surface area (Å²) in [6, 6.07) is 12.5. The van der Waals surface area contributed by atoms with E-state index in [9.17, 15) is 0 Å². The van der Waals surface area contributed by atoms with Crippen LogP contribution in [0, 0.1) is 5.41 Å². The minimum absolute atomic E-state index is 0.607. The summed E-state index contributed by atoms with van der Waals surface area (Å²) in [6.45, 7) is 1.83. The van der Waals surface area contributed by atoms with Gasteiger partial charge in [0.1, 0.15) is 0 Å². The highest BCUT2D eigenvalue weighted by molar-refractivity contribution is 14.1. The second-order valence-electron chi connectivity index (χ2n) is 3.70. The molecule has 0 saturated heterocycles. The molecule has 1 nitrogen and oxygen atoms in total. The van der Waals surface area contributed by atoms with Crippen LogP contribution in [0.1, 0.15) is 18.1 Å². The molecule has 80 valence electrons. The van der Waals surface area contributed by atoms with E-state index < -0.39 is 0 Å². The third-order valence-corrected chi connectivity index (χ3v) is 2.92. The van der Waals surface area contributed by atoms with Crippen LogP contribution in [0.5, 0.6) is 0 Å². The van der Waals surface area contributed by atoms with Crippen molar-refractivity contribution >= 4 is 45.2 Å². The Kier molecular flexibility index (Phi) is 3.39. The molecule has 2 rings (SSSR count). The largest absolute Gasteiger partial charge is 0.305 e. The van der Waals surface area contributed by atoms with Gasteiger partial charge < -0.3 is 5.41 Å². The zero-order valence-corrected chi connectivity index (χ0v) is 11.2. The lowest BCUT2D eigenvalue weighted by molar-refractivity contribution is 1.46. The minimum atomic E-state index is 0.607. The van der Waals surface area contributed by atoms with Crippen LogP contribution < -0.4 is 0 Å². The molecule has 0 atom stereocenters. The Bertz CT molecular complexity index is 570. The SMILES string of the molecule is CC(=N)c1cc2ccccc2cc1/C=C\I. The molecule has 2 aromatic rings. The van der Waals surface area contributed by atoms with E-state index in [1.165, 1.54) is 10.8 Å². The molecule has 0 aliphatic carbocycles. The molecular weight excluding hydrogens is 309 g/mol. The lowest BCUT2D eigenvalue weighted by Crippen LogP contribution is -1.96. The van der Waals surface area contributed by atoms with Crippen molar-refractivity contribution in [3.8, 4) is 0 Å². The van der Waals surface area contributed by atoms with E-state index in [-0.39, 0.29) is 0 Å². The van der Waals surface area contributed by atoms with E-state index in [4.69, 9.17) is 5.41 Å². The molecule has 0 amide bonds. The summed E-state index contributed by atoms with van der Waals surface area (Å²) in [5.74, 6) is 0. The maximum absolute atomic E-state index is 7.79. The average Bonchev–Trinajstić information content (AvgIpc) is 2.28. The van der Waals surface area contributed by atoms with Gasteiger partial charge in [0.05, 0.1) is 0 Å². The topological polar surface area (TPSA) is 23.9 Å². The minimum Gasteiger partial charge on any atom is -0.305 e. The Morgan fingerprint density at radius 2 is 1.81 bits per heavy atom. The fourth-order valence-electron chi connectivity index (χ4n) is 1.79. The third kappa shape index (κ3) is 2.16. The van der Waals surface area contributed by atoms with E-state index in [2.05, 4.69) is 46.9 Å². The summed E-state index contributed by atoms with van der Waals surface area (Å²) < 4.78 is 1.98. The summed E-state index contributed by atoms with van der Waals surface area (Å²) in [7, 11) is 0. The maximum atomic E-state index is 7.79. The molecule has 0 spiro atoms. The normalized spacial score (nSPS) is 11.1. The molecular formula is C14H12IN. The highest BCUT2D eigenvalue weighted by Gasteiger charge is 2.04. The first-order chi connectivity index (χ1) is 7.72. The van der Waals surface area contributed by atoms with Gasteiger partial charge in [0.25, 0.3) is 0 Å². The Morgan fingerprint density at radius 3 is 2.38 bits per heavy atom. The molecule has 0 saturated carbocycles. The first-order valence-corrected chi connectivity index (χ1v) is 6.32. The molecule has 0 aromatic heterocycles. The zero-order chi connectivity index (χ0) is 11.5. The monoisotopic (exact) mass is 321 g/mol. The van der Waals surface area contributed by atoms with Gasteiger partial charge in [-0.25, -0.2) is 0 Å². The van der Waals surface area contributed by atoms with Crippen LogP contribution in [0.4, 0.5) is 0 Å². The van der Waals surface area contributed by atoms with Crippen LogP contribution in [0.25, 0.3) is 16.8 Å². The van der Waals surface area contributed by atoms with Crippen LogP contribution in [-0.2, 0) is 0 Å². The van der Waals surface area contributed by atoms with Crippen molar-refractivity contribution in [1.29, 1.82) is 5.41 Å². The van der Waals surface area contributed by atoms with Crippen molar-refractivity contribution in [2.45, 2.75) is 6.92 Å². The van der Waals surface area contributed by atoms with Crippen LogP contribution in [0.2, 0.25) is 0 Å². The summed E-state index contributed by atoms with van der Waals surface area (Å²) in [6.07, 6.45) is 2.04. The lowest BCUT2D eigenvalue weighted by atomic mass is 9.98. The highest BCUT2D eigenvalue weighted by Crippen LogP contribution is 2.22. The van der Waals surface area contributed by atoms with Crippen molar-refractivity contribution in [2.75, 3.05) is 0 Å². The predicted octanol–water partition coefficient (Wildman–Crippen LogP) is 4.63. The number of nitrogens with one attached hydrogen (secondary N) is 1. The molecule has 0 aliphatic rings. The van der Waals surface area contributed by atoms with Crippen LogP contribution in [0.3, 0.4) is 0 Å². The molecule has 2 aromatic carbocycles. The maximum Gasteiger partial charge on any atom is 0.0361 e. The van der Waals surface area contributed by atoms with E-state index in [0.717, 1.165) is 11.1 Å². The average molecular weight is 321 g/mol. The quantitative estimate of drug-likeness (QED) is 0.616. The third-order valence-electron chi connectivity index (χ3n) is 2.56. The fourth-order valence-corrected chi connectivity index (χ4v) is 2.18. The molecule has 0 fully saturated rings. The molecule has 0 heterocycles. The summed E-state index contributed by atoms with van der Waals surface area (Å²) >= 11 is 2.20. The van der Waals surface area contributed by atoms with E-state index in [0.29, 0.717) is 5.71 Å². The molecule has 16 heavy (non-hydrogen) atoms. The van der Waals surface area contributed by atoms with Gasteiger partial charge in [0.2, 0.25) is 0 Å². The van der Waals surface area contributed by atoms with Crippen LogP contribution in [-0.4, -0.2) is 5.71 Å². The lowest BCUT2D eigenvalue weighted by Gasteiger charge is -2.07. The Balaban J connectivity index is 2.75. The van der Waals surface area contributed by atoms with Gasteiger partial charge in [-0.2, -0.15) is 0 Å². The predicted molar refractivity (Wildman–Crippen MR) is 79.5 cm³/mol. The van der Waals surface area contributed by atoms with Gasteiger partial charge in [0.15, 0.2) is 0 Å². The molecule has 1 N–H and O–H groups in total. The molecule has 0 unspecified atom stereocenters. The van der Waals surface area contributed by atoms with Crippen LogP contribution in [0.15, 0.2) is 40.5 Å². The number of benzene rings is 2. The number of hydrogen-bond acceptors (Lipinski definition) is 1. The Morgan fingerprint density at radius 1 is 1.19 bits per heavy atom. The van der Waals surface area contributed by atoms with Gasteiger partial charge in [-0.1, -0.05) is 46.9 Å². The molecule has 2 heteroatoms.